The van der Waals surface area contributed by atoms with Gasteiger partial charge < -0.3 is 39.3 Å². The second kappa shape index (κ2) is 22.7. The van der Waals surface area contributed by atoms with Crippen LogP contribution in [0.3, 0.4) is 0 Å². The van der Waals surface area contributed by atoms with Crippen LogP contribution < -0.4 is 35.0 Å². The standard InChI is InChI=1S/C51H60N10O11S2/c1-50(2,3)71-48(62)52-25-26-55-73(64,65)42-24-22-37(38-11-10-12-39-45(38)58-43(56-39)29-53-49(63)72-51(4,5)6)44(47-57-40-27-34(28-54-60-59-47)17-23-41(40)70-9)46(42)74(66,67)61(30-32-13-18-35(68-7)19-14-32)31-33-15-20-36(69-8)21-16-33/h10-24,27,55H,25-26,28-31H2,1-9H3,(H,52,62)(H,53,63)(H,56,58)(H,54,57,59). The van der Waals surface area contributed by atoms with Crippen LogP contribution in [-0.2, 0) is 55.7 Å². The van der Waals surface area contributed by atoms with Crippen molar-refractivity contribution in [2.75, 3.05) is 34.4 Å². The third kappa shape index (κ3) is 13.5. The molecule has 392 valence electrons. The van der Waals surface area contributed by atoms with Gasteiger partial charge in [0.2, 0.25) is 20.0 Å². The second-order valence-electron chi connectivity index (χ2n) is 18.8. The first-order valence-electron chi connectivity index (χ1n) is 23.3. The topological polar surface area (TPSA) is 266 Å². The molecular formula is C51H60N10O11S2. The first-order chi connectivity index (χ1) is 35.1. The molecule has 1 aromatic heterocycles. The summed E-state index contributed by atoms with van der Waals surface area (Å²) in [4.78, 5) is 36.9. The molecule has 2 amide bonds. The van der Waals surface area contributed by atoms with Gasteiger partial charge in [-0.05, 0) is 112 Å². The minimum atomic E-state index is -5.08. The Bertz CT molecular complexity index is 3250. The Morgan fingerprint density at radius 2 is 1.34 bits per heavy atom. The van der Waals surface area contributed by atoms with Gasteiger partial charge in [-0.1, -0.05) is 53.8 Å². The molecule has 5 N–H and O–H groups in total. The molecule has 0 atom stereocenters. The summed E-state index contributed by atoms with van der Waals surface area (Å²) in [6.45, 7) is 9.28. The minimum absolute atomic E-state index is 0.0738. The van der Waals surface area contributed by atoms with Crippen molar-refractivity contribution >= 4 is 54.8 Å². The molecule has 0 radical (unpaired) electrons. The highest BCUT2D eigenvalue weighted by Gasteiger charge is 2.38. The van der Waals surface area contributed by atoms with Crippen molar-refractivity contribution in [2.24, 2.45) is 15.3 Å². The average molecular weight is 1050 g/mol. The number of hydrogen-bond acceptors (Lipinski definition) is 16. The molecule has 0 fully saturated rings. The summed E-state index contributed by atoms with van der Waals surface area (Å²) in [5.41, 5.74) is 4.36. The number of nitrogens with one attached hydrogen (secondary N) is 5. The van der Waals surface area contributed by atoms with Crippen molar-refractivity contribution in [3.63, 3.8) is 0 Å². The number of amides is 2. The summed E-state index contributed by atoms with van der Waals surface area (Å²) in [5, 5.41) is 14.0. The number of methoxy groups -OCH3 is 3. The molecule has 2 heterocycles. The molecule has 0 saturated carbocycles. The van der Waals surface area contributed by atoms with E-state index < -0.39 is 53.2 Å². The maximum atomic E-state index is 16.4. The van der Waals surface area contributed by atoms with E-state index in [4.69, 9.17) is 33.7 Å². The summed E-state index contributed by atoms with van der Waals surface area (Å²) in [6, 6.07) is 26.6. The van der Waals surface area contributed by atoms with E-state index >= 15 is 16.8 Å². The highest BCUT2D eigenvalue weighted by molar-refractivity contribution is 7.92. The van der Waals surface area contributed by atoms with Crippen molar-refractivity contribution in [1.29, 1.82) is 0 Å². The fraction of sp³-hybridized carbons (Fsp3) is 0.333. The van der Waals surface area contributed by atoms with Gasteiger partial charge in [0, 0.05) is 31.7 Å². The minimum Gasteiger partial charge on any atom is -0.497 e. The smallest absolute Gasteiger partial charge is 0.408 e. The molecule has 6 aromatic rings. The second-order valence-corrected chi connectivity index (χ2v) is 22.4. The third-order valence-electron chi connectivity index (χ3n) is 11.0. The maximum Gasteiger partial charge on any atom is 0.408 e. The predicted octanol–water partition coefficient (Wildman–Crippen LogP) is 8.02. The van der Waals surface area contributed by atoms with Gasteiger partial charge in [0.15, 0.2) is 5.84 Å². The number of H-pyrrole nitrogens is 1. The van der Waals surface area contributed by atoms with Gasteiger partial charge >= 0.3 is 12.2 Å². The lowest BCUT2D eigenvalue weighted by Gasteiger charge is -2.27. The lowest BCUT2D eigenvalue weighted by Crippen LogP contribution is -2.38. The van der Waals surface area contributed by atoms with Crippen LogP contribution in [0.4, 0.5) is 15.3 Å². The Labute approximate surface area is 430 Å². The monoisotopic (exact) mass is 1050 g/mol. The third-order valence-corrected chi connectivity index (χ3v) is 14.5. The number of imidazole rings is 1. The Kier molecular flexibility index (Phi) is 16.6. The van der Waals surface area contributed by atoms with Crippen molar-refractivity contribution in [1.82, 2.24) is 35.1 Å². The molecule has 0 saturated heterocycles. The van der Waals surface area contributed by atoms with Crippen molar-refractivity contribution in [3.8, 4) is 28.4 Å². The van der Waals surface area contributed by atoms with Crippen LogP contribution in [0.5, 0.6) is 17.2 Å². The fourth-order valence-corrected chi connectivity index (χ4v) is 11.1. The van der Waals surface area contributed by atoms with Crippen LogP contribution in [0.15, 0.2) is 122 Å². The molecule has 0 spiro atoms. The number of fused-ring (bicyclic) bond motifs is 3. The van der Waals surface area contributed by atoms with E-state index in [9.17, 15) is 9.59 Å². The number of alkyl carbamates (subject to hydrolysis) is 2. The first kappa shape index (κ1) is 54.2. The summed E-state index contributed by atoms with van der Waals surface area (Å²) < 4.78 is 93.7. The zero-order valence-electron chi connectivity index (χ0n) is 42.5. The number of benzene rings is 5. The zero-order valence-corrected chi connectivity index (χ0v) is 44.2. The lowest BCUT2D eigenvalue weighted by atomic mass is 9.97. The number of hydrogen-bond donors (Lipinski definition) is 5. The van der Waals surface area contributed by atoms with Gasteiger partial charge in [-0.15, -0.1) is 5.11 Å². The molecule has 0 aliphatic carbocycles. The predicted molar refractivity (Wildman–Crippen MR) is 277 cm³/mol. The average Bonchev–Trinajstić information content (AvgIpc) is 3.80. The van der Waals surface area contributed by atoms with Crippen LogP contribution in [-0.4, -0.2) is 94.8 Å². The quantitative estimate of drug-likeness (QED) is 0.0511. The van der Waals surface area contributed by atoms with Crippen molar-refractivity contribution in [2.45, 2.75) is 88.7 Å². The van der Waals surface area contributed by atoms with E-state index in [2.05, 4.69) is 36.1 Å². The number of amidine groups is 1. The number of aromatic amines is 1. The van der Waals surface area contributed by atoms with E-state index in [1.54, 1.807) is 126 Å². The molecule has 23 heteroatoms. The number of aliphatic imine (C=N–C) groups is 1. The number of rotatable bonds is 18. The largest absolute Gasteiger partial charge is 0.497 e. The molecule has 21 nitrogen and oxygen atoms in total. The summed E-state index contributed by atoms with van der Waals surface area (Å²) >= 11 is 0. The lowest BCUT2D eigenvalue weighted by molar-refractivity contribution is 0.0514. The van der Waals surface area contributed by atoms with E-state index in [1.807, 2.05) is 0 Å². The van der Waals surface area contributed by atoms with Crippen molar-refractivity contribution < 1.29 is 50.1 Å². The number of carbonyl (C=O) groups is 2. The number of sulfonamides is 2. The Hall–Kier alpha value is -7.60. The molecule has 1 aliphatic rings. The van der Waals surface area contributed by atoms with Gasteiger partial charge in [0.05, 0.1) is 51.0 Å². The summed E-state index contributed by atoms with van der Waals surface area (Å²) in [5.74, 6) is 1.37. The fourth-order valence-electron chi connectivity index (χ4n) is 7.68. The number of para-hydroxylation sites is 1. The molecule has 1 aliphatic heterocycles. The number of ether oxygens (including phenoxy) is 5. The molecule has 5 aromatic carbocycles. The van der Waals surface area contributed by atoms with Gasteiger partial charge in [0.1, 0.15) is 49.8 Å². The molecule has 7 rings (SSSR count). The van der Waals surface area contributed by atoms with E-state index in [-0.39, 0.29) is 61.9 Å². The molecular weight excluding hydrogens is 993 g/mol. The van der Waals surface area contributed by atoms with Crippen LogP contribution in [0.2, 0.25) is 0 Å². The van der Waals surface area contributed by atoms with Gasteiger partial charge in [-0.3, -0.25) is 5.43 Å². The highest BCUT2D eigenvalue weighted by atomic mass is 32.2. The number of nitrogens with zero attached hydrogens (tertiary/aromatic N) is 5. The zero-order chi connectivity index (χ0) is 53.4. The van der Waals surface area contributed by atoms with Crippen LogP contribution in [0, 0.1) is 0 Å². The maximum absolute atomic E-state index is 16.4. The van der Waals surface area contributed by atoms with Gasteiger partial charge in [0.25, 0.3) is 0 Å². The van der Waals surface area contributed by atoms with Gasteiger partial charge in [-0.25, -0.2) is 41.1 Å². The van der Waals surface area contributed by atoms with E-state index in [0.29, 0.717) is 50.8 Å². The van der Waals surface area contributed by atoms with E-state index in [1.165, 1.54) is 33.5 Å². The van der Waals surface area contributed by atoms with E-state index in [0.717, 1.165) is 9.87 Å². The molecule has 0 unspecified atom stereocenters. The Morgan fingerprint density at radius 3 is 1.93 bits per heavy atom. The normalized spacial score (nSPS) is 14.1. The molecule has 74 heavy (non-hydrogen) atoms. The number of carbonyl (C=O) groups excluding carboxylic acids is 2. The van der Waals surface area contributed by atoms with Crippen LogP contribution in [0.1, 0.15) is 69.6 Å². The van der Waals surface area contributed by atoms with Gasteiger partial charge in [-0.2, -0.15) is 4.31 Å². The Morgan fingerprint density at radius 1 is 0.716 bits per heavy atom. The summed E-state index contributed by atoms with van der Waals surface area (Å²) in [6.07, 6.45) is -1.46. The van der Waals surface area contributed by atoms with Crippen LogP contribution >= 0.6 is 0 Å². The Balaban J connectivity index is 1.51. The highest BCUT2D eigenvalue weighted by Crippen LogP contribution is 2.41. The molecule has 2 bridgehead atoms. The van der Waals surface area contributed by atoms with Crippen molar-refractivity contribution in [3.05, 3.63) is 125 Å². The first-order valence-corrected chi connectivity index (χ1v) is 26.2. The van der Waals surface area contributed by atoms with Crippen LogP contribution in [0.25, 0.3) is 22.2 Å². The SMILES string of the molecule is COc1ccc(CN(Cc2ccc(OC)cc2)S(=O)(=O)c2c(S(=O)(=O)NCCNC(=O)OC(C)(C)C)ccc(-c3cccc4[nH]c(CNC(=O)OC(C)(C)C)nc34)c2C2=N/c3cc(ccc3OC)CN/N=N\2)cc1. The number of aromatic nitrogens is 2. The summed E-state index contributed by atoms with van der Waals surface area (Å²) in [7, 11) is -5.44.